The monoisotopic (exact) mass is 435 g/mol. The maximum absolute atomic E-state index is 12.6. The molecule has 0 aliphatic rings. The summed E-state index contributed by atoms with van der Waals surface area (Å²) in [6, 6.07) is 17.2. The quantitative estimate of drug-likeness (QED) is 0.480. The molecule has 0 unspecified atom stereocenters. The molecular weight excluding hydrogens is 421 g/mol. The summed E-state index contributed by atoms with van der Waals surface area (Å²) in [4.78, 5) is 12.6. The number of anilines is 1. The zero-order valence-corrected chi connectivity index (χ0v) is 17.1. The van der Waals surface area contributed by atoms with Crippen LogP contribution in [0.15, 0.2) is 60.7 Å². The van der Waals surface area contributed by atoms with Crippen molar-refractivity contribution in [2.75, 3.05) is 12.4 Å². The van der Waals surface area contributed by atoms with Gasteiger partial charge in [0, 0.05) is 16.1 Å². The lowest BCUT2D eigenvalue weighted by molar-refractivity contribution is 0.102. The van der Waals surface area contributed by atoms with Crippen LogP contribution in [-0.2, 0) is 6.61 Å². The summed E-state index contributed by atoms with van der Waals surface area (Å²) in [5.74, 6) is 0.956. The molecule has 0 atom stereocenters. The van der Waals surface area contributed by atoms with E-state index in [0.717, 1.165) is 5.56 Å². The van der Waals surface area contributed by atoms with Gasteiger partial charge in [0.2, 0.25) is 0 Å². The second-order valence-electron chi connectivity index (χ2n) is 5.82. The zero-order valence-electron chi connectivity index (χ0n) is 14.8. The number of hydrogen-bond donors (Lipinski definition) is 1. The number of carbonyl (C=O) groups excluding carboxylic acids is 1. The van der Waals surface area contributed by atoms with E-state index in [0.29, 0.717) is 32.8 Å². The molecule has 0 spiro atoms. The van der Waals surface area contributed by atoms with Crippen molar-refractivity contribution in [3.05, 3.63) is 86.9 Å². The third-order valence-electron chi connectivity index (χ3n) is 3.95. The van der Waals surface area contributed by atoms with Crippen molar-refractivity contribution in [1.82, 2.24) is 0 Å². The van der Waals surface area contributed by atoms with Crippen molar-refractivity contribution in [3.63, 3.8) is 0 Å². The van der Waals surface area contributed by atoms with Gasteiger partial charge in [-0.15, -0.1) is 0 Å². The Kier molecular flexibility index (Phi) is 6.68. The molecule has 0 aliphatic heterocycles. The van der Waals surface area contributed by atoms with Crippen LogP contribution < -0.4 is 14.8 Å². The third-order valence-corrected chi connectivity index (χ3v) is 5.02. The highest BCUT2D eigenvalue weighted by Crippen LogP contribution is 2.30. The van der Waals surface area contributed by atoms with E-state index in [1.807, 2.05) is 0 Å². The topological polar surface area (TPSA) is 47.6 Å². The normalized spacial score (nSPS) is 10.4. The fourth-order valence-corrected chi connectivity index (χ4v) is 2.99. The number of methoxy groups -OCH3 is 1. The average Bonchev–Trinajstić information content (AvgIpc) is 2.70. The molecule has 0 aromatic heterocycles. The van der Waals surface area contributed by atoms with Gasteiger partial charge in [0.25, 0.3) is 5.91 Å². The Labute approximate surface area is 177 Å². The fourth-order valence-electron chi connectivity index (χ4n) is 2.52. The van der Waals surface area contributed by atoms with Gasteiger partial charge in [-0.05, 0) is 54.6 Å². The van der Waals surface area contributed by atoms with Crippen LogP contribution in [-0.4, -0.2) is 13.0 Å². The Morgan fingerprint density at radius 1 is 1.00 bits per heavy atom. The number of nitrogens with one attached hydrogen (secondary N) is 1. The van der Waals surface area contributed by atoms with Gasteiger partial charge in [0.05, 0.1) is 22.8 Å². The molecule has 0 bridgehead atoms. The van der Waals surface area contributed by atoms with Gasteiger partial charge in [-0.2, -0.15) is 0 Å². The van der Waals surface area contributed by atoms with Crippen LogP contribution in [0.1, 0.15) is 15.9 Å². The van der Waals surface area contributed by atoms with Crippen LogP contribution in [0.3, 0.4) is 0 Å². The van der Waals surface area contributed by atoms with Gasteiger partial charge >= 0.3 is 0 Å². The van der Waals surface area contributed by atoms with Crippen molar-refractivity contribution in [1.29, 1.82) is 0 Å². The van der Waals surface area contributed by atoms with Crippen molar-refractivity contribution >= 4 is 46.4 Å². The zero-order chi connectivity index (χ0) is 20.1. The SMILES string of the molecule is COc1ccc(C(=O)Nc2cccc(Cl)c2Cl)cc1COc1ccc(Cl)cc1. The molecule has 1 amide bonds. The molecular formula is C21H16Cl3NO3. The Balaban J connectivity index is 1.78. The highest BCUT2D eigenvalue weighted by molar-refractivity contribution is 6.44. The second kappa shape index (κ2) is 9.20. The molecule has 0 saturated heterocycles. The molecule has 0 fully saturated rings. The molecule has 4 nitrogen and oxygen atoms in total. The Hall–Kier alpha value is -2.40. The summed E-state index contributed by atoms with van der Waals surface area (Å²) < 4.78 is 11.1. The predicted molar refractivity (Wildman–Crippen MR) is 113 cm³/mol. The van der Waals surface area contributed by atoms with E-state index >= 15 is 0 Å². The predicted octanol–water partition coefficient (Wildman–Crippen LogP) is 6.49. The number of amides is 1. The molecule has 3 aromatic rings. The van der Waals surface area contributed by atoms with Crippen LogP contribution >= 0.6 is 34.8 Å². The second-order valence-corrected chi connectivity index (χ2v) is 7.05. The highest BCUT2D eigenvalue weighted by atomic mass is 35.5. The van der Waals surface area contributed by atoms with E-state index in [2.05, 4.69) is 5.32 Å². The fraction of sp³-hybridized carbons (Fsp3) is 0.0952. The maximum Gasteiger partial charge on any atom is 0.255 e. The van der Waals surface area contributed by atoms with Crippen LogP contribution in [0.25, 0.3) is 0 Å². The van der Waals surface area contributed by atoms with Crippen LogP contribution in [0.4, 0.5) is 5.69 Å². The standard InChI is InChI=1S/C21H16Cl3NO3/c1-27-19-10-5-13(21(26)25-18-4-2-3-17(23)20(18)24)11-14(19)12-28-16-8-6-15(22)7-9-16/h2-11H,12H2,1H3,(H,25,26). The molecule has 3 rings (SSSR count). The van der Waals surface area contributed by atoms with Gasteiger partial charge in [-0.1, -0.05) is 40.9 Å². The summed E-state index contributed by atoms with van der Waals surface area (Å²) in [6.45, 7) is 0.226. The summed E-state index contributed by atoms with van der Waals surface area (Å²) in [6.07, 6.45) is 0. The lowest BCUT2D eigenvalue weighted by atomic mass is 10.1. The van der Waals surface area contributed by atoms with Gasteiger partial charge in [0.15, 0.2) is 0 Å². The van der Waals surface area contributed by atoms with E-state index < -0.39 is 0 Å². The minimum absolute atomic E-state index is 0.226. The minimum atomic E-state index is -0.320. The number of hydrogen-bond acceptors (Lipinski definition) is 3. The molecule has 144 valence electrons. The number of ether oxygens (including phenoxy) is 2. The molecule has 1 N–H and O–H groups in total. The third kappa shape index (κ3) is 4.90. The van der Waals surface area contributed by atoms with E-state index in [1.54, 1.807) is 67.8 Å². The number of halogens is 3. The molecule has 7 heteroatoms. The van der Waals surface area contributed by atoms with Crippen molar-refractivity contribution in [2.24, 2.45) is 0 Å². The molecule has 0 heterocycles. The Bertz CT molecular complexity index is 991. The molecule has 3 aromatic carbocycles. The van der Waals surface area contributed by atoms with Crippen molar-refractivity contribution < 1.29 is 14.3 Å². The number of rotatable bonds is 6. The first-order valence-corrected chi connectivity index (χ1v) is 9.42. The highest BCUT2D eigenvalue weighted by Gasteiger charge is 2.13. The minimum Gasteiger partial charge on any atom is -0.496 e. The van der Waals surface area contributed by atoms with E-state index in [-0.39, 0.29) is 17.5 Å². The first-order chi connectivity index (χ1) is 13.5. The van der Waals surface area contributed by atoms with E-state index in [4.69, 9.17) is 44.3 Å². The number of benzene rings is 3. The summed E-state index contributed by atoms with van der Waals surface area (Å²) in [5.41, 5.74) is 1.60. The molecule has 28 heavy (non-hydrogen) atoms. The van der Waals surface area contributed by atoms with Crippen LogP contribution in [0.2, 0.25) is 15.1 Å². The maximum atomic E-state index is 12.6. The van der Waals surface area contributed by atoms with Crippen molar-refractivity contribution in [3.8, 4) is 11.5 Å². The Morgan fingerprint density at radius 2 is 1.75 bits per heavy atom. The first-order valence-electron chi connectivity index (χ1n) is 8.28. The lowest BCUT2D eigenvalue weighted by Crippen LogP contribution is -2.13. The summed E-state index contributed by atoms with van der Waals surface area (Å²) in [7, 11) is 1.56. The first kappa shape index (κ1) is 20.3. The van der Waals surface area contributed by atoms with E-state index in [9.17, 15) is 4.79 Å². The van der Waals surface area contributed by atoms with Gasteiger partial charge in [-0.25, -0.2) is 0 Å². The molecule has 0 aliphatic carbocycles. The number of carbonyl (C=O) groups is 1. The average molecular weight is 437 g/mol. The largest absolute Gasteiger partial charge is 0.496 e. The smallest absolute Gasteiger partial charge is 0.255 e. The van der Waals surface area contributed by atoms with Gasteiger partial charge in [-0.3, -0.25) is 4.79 Å². The summed E-state index contributed by atoms with van der Waals surface area (Å²) >= 11 is 18.0. The van der Waals surface area contributed by atoms with E-state index in [1.165, 1.54) is 0 Å². The summed E-state index contributed by atoms with van der Waals surface area (Å²) in [5, 5.41) is 4.04. The van der Waals surface area contributed by atoms with Crippen LogP contribution in [0, 0.1) is 0 Å². The van der Waals surface area contributed by atoms with Crippen molar-refractivity contribution in [2.45, 2.75) is 6.61 Å². The van der Waals surface area contributed by atoms with Gasteiger partial charge < -0.3 is 14.8 Å². The Morgan fingerprint density at radius 3 is 2.46 bits per heavy atom. The molecule has 0 radical (unpaired) electrons. The van der Waals surface area contributed by atoms with Crippen LogP contribution in [0.5, 0.6) is 11.5 Å². The van der Waals surface area contributed by atoms with Gasteiger partial charge in [0.1, 0.15) is 18.1 Å². The molecule has 0 saturated carbocycles. The lowest BCUT2D eigenvalue weighted by Gasteiger charge is -2.13.